The zero-order chi connectivity index (χ0) is 9.80. The Bertz CT molecular complexity index is 428. The van der Waals surface area contributed by atoms with Crippen LogP contribution in [0.1, 0.15) is 10.4 Å². The van der Waals surface area contributed by atoms with E-state index in [1.54, 1.807) is 6.07 Å². The summed E-state index contributed by atoms with van der Waals surface area (Å²) in [4.78, 5) is 15.7. The summed E-state index contributed by atoms with van der Waals surface area (Å²) in [7, 11) is 0. The molecular weight excluding hydrogens is 216 g/mol. The second-order valence-corrected chi connectivity index (χ2v) is 4.53. The van der Waals surface area contributed by atoms with E-state index in [1.807, 2.05) is 18.2 Å². The molecule has 0 radical (unpaired) electrons. The molecule has 2 rings (SSSR count). The molecule has 0 fully saturated rings. The Morgan fingerprint density at radius 1 is 1.36 bits per heavy atom. The van der Waals surface area contributed by atoms with Crippen LogP contribution in [0, 0.1) is 0 Å². The predicted molar refractivity (Wildman–Crippen MR) is 55.9 cm³/mol. The van der Waals surface area contributed by atoms with Crippen molar-refractivity contribution in [1.82, 2.24) is 9.36 Å². The first-order chi connectivity index (χ1) is 6.90. The van der Waals surface area contributed by atoms with Crippen molar-refractivity contribution in [3.63, 3.8) is 0 Å². The Kier molecular flexibility index (Phi) is 2.90. The lowest BCUT2D eigenvalue weighted by molar-refractivity contribution is 0.112. The van der Waals surface area contributed by atoms with Gasteiger partial charge in [0.25, 0.3) is 0 Å². The Hall–Kier alpha value is -1.20. The monoisotopic (exact) mass is 222 g/mol. The minimum atomic E-state index is 0.688. The lowest BCUT2D eigenvalue weighted by Crippen LogP contribution is -1.83. The molecule has 1 aromatic carbocycles. The first kappa shape index (κ1) is 9.36. The lowest BCUT2D eigenvalue weighted by Gasteiger charge is -1.99. The molecule has 0 aliphatic heterocycles. The smallest absolute Gasteiger partial charge is 0.174 e. The van der Waals surface area contributed by atoms with E-state index in [4.69, 9.17) is 0 Å². The average molecular weight is 222 g/mol. The van der Waals surface area contributed by atoms with Gasteiger partial charge in [0.1, 0.15) is 6.33 Å². The number of carbonyl (C=O) groups is 1. The first-order valence-electron chi connectivity index (χ1n) is 3.89. The Labute approximate surface area is 89.4 Å². The van der Waals surface area contributed by atoms with Crippen molar-refractivity contribution in [2.24, 2.45) is 0 Å². The molecule has 0 N–H and O–H groups in total. The second-order valence-electron chi connectivity index (χ2n) is 2.46. The van der Waals surface area contributed by atoms with E-state index in [9.17, 15) is 4.79 Å². The fourth-order valence-electron chi connectivity index (χ4n) is 0.973. The summed E-state index contributed by atoms with van der Waals surface area (Å²) in [5, 5.41) is 0. The first-order valence-corrected chi connectivity index (χ1v) is 5.48. The Morgan fingerprint density at radius 3 is 2.93 bits per heavy atom. The van der Waals surface area contributed by atoms with E-state index in [-0.39, 0.29) is 0 Å². The van der Waals surface area contributed by atoms with E-state index in [2.05, 4.69) is 9.36 Å². The summed E-state index contributed by atoms with van der Waals surface area (Å²) in [6.07, 6.45) is 2.36. The van der Waals surface area contributed by atoms with E-state index >= 15 is 0 Å². The van der Waals surface area contributed by atoms with Gasteiger partial charge >= 0.3 is 0 Å². The van der Waals surface area contributed by atoms with Crippen LogP contribution in [-0.2, 0) is 0 Å². The molecule has 2 aromatic rings. The number of hydrogen-bond donors (Lipinski definition) is 0. The fourth-order valence-corrected chi connectivity index (χ4v) is 2.47. The molecule has 0 aliphatic carbocycles. The van der Waals surface area contributed by atoms with Crippen LogP contribution in [0.15, 0.2) is 39.8 Å². The molecule has 0 unspecified atom stereocenters. The van der Waals surface area contributed by atoms with Gasteiger partial charge in [-0.15, -0.1) is 0 Å². The highest BCUT2D eigenvalue weighted by atomic mass is 32.2. The minimum absolute atomic E-state index is 0.688. The fraction of sp³-hybridized carbons (Fsp3) is 0. The van der Waals surface area contributed by atoms with Crippen molar-refractivity contribution in [3.8, 4) is 0 Å². The maximum Gasteiger partial charge on any atom is 0.174 e. The summed E-state index contributed by atoms with van der Waals surface area (Å²) in [5.41, 5.74) is 0.688. The van der Waals surface area contributed by atoms with Gasteiger partial charge in [0, 0.05) is 10.5 Å². The predicted octanol–water partition coefficient (Wildman–Crippen LogP) is 2.50. The van der Waals surface area contributed by atoms with Gasteiger partial charge in [0.15, 0.2) is 10.6 Å². The van der Waals surface area contributed by atoms with Gasteiger partial charge in [0.05, 0.1) is 0 Å². The largest absolute Gasteiger partial charge is 0.298 e. The summed E-state index contributed by atoms with van der Waals surface area (Å²) < 4.78 is 4.74. The standard InChI is InChI=1S/C9H6N2OS2/c12-5-7-3-1-2-4-8(7)13-9-10-6-11-14-9/h1-6H. The maximum atomic E-state index is 10.7. The third-order valence-electron chi connectivity index (χ3n) is 1.58. The van der Waals surface area contributed by atoms with Gasteiger partial charge in [0.2, 0.25) is 0 Å². The molecule has 1 heterocycles. The maximum absolute atomic E-state index is 10.7. The van der Waals surface area contributed by atoms with Crippen molar-refractivity contribution in [2.75, 3.05) is 0 Å². The van der Waals surface area contributed by atoms with Gasteiger partial charge in [-0.1, -0.05) is 30.0 Å². The van der Waals surface area contributed by atoms with Crippen LogP contribution in [0.25, 0.3) is 0 Å². The van der Waals surface area contributed by atoms with Crippen LogP contribution in [0.4, 0.5) is 0 Å². The molecule has 0 saturated heterocycles. The van der Waals surface area contributed by atoms with Crippen molar-refractivity contribution in [3.05, 3.63) is 36.2 Å². The zero-order valence-electron chi connectivity index (χ0n) is 7.08. The van der Waals surface area contributed by atoms with Crippen LogP contribution in [0.5, 0.6) is 0 Å². The third kappa shape index (κ3) is 2.00. The normalized spacial score (nSPS) is 10.0. The number of nitrogens with zero attached hydrogens (tertiary/aromatic N) is 2. The molecule has 0 bridgehead atoms. The van der Waals surface area contributed by atoms with Crippen LogP contribution >= 0.6 is 23.3 Å². The van der Waals surface area contributed by atoms with E-state index in [0.29, 0.717) is 5.56 Å². The summed E-state index contributed by atoms with van der Waals surface area (Å²) >= 11 is 2.78. The van der Waals surface area contributed by atoms with Gasteiger partial charge < -0.3 is 0 Å². The molecule has 14 heavy (non-hydrogen) atoms. The number of hydrogen-bond acceptors (Lipinski definition) is 5. The highest BCUT2D eigenvalue weighted by Gasteiger charge is 2.04. The van der Waals surface area contributed by atoms with Crippen LogP contribution in [-0.4, -0.2) is 15.6 Å². The summed E-state index contributed by atoms with van der Waals surface area (Å²) in [5.74, 6) is 0. The summed E-state index contributed by atoms with van der Waals surface area (Å²) in [6.45, 7) is 0. The highest BCUT2D eigenvalue weighted by Crippen LogP contribution is 2.29. The SMILES string of the molecule is O=Cc1ccccc1Sc1ncns1. The van der Waals surface area contributed by atoms with E-state index in [0.717, 1.165) is 15.5 Å². The molecule has 70 valence electrons. The number of benzene rings is 1. The van der Waals surface area contributed by atoms with Crippen LogP contribution in [0.3, 0.4) is 0 Å². The Morgan fingerprint density at radius 2 is 2.21 bits per heavy atom. The van der Waals surface area contributed by atoms with Crippen molar-refractivity contribution >= 4 is 29.6 Å². The number of aromatic nitrogens is 2. The molecule has 0 spiro atoms. The number of carbonyl (C=O) groups excluding carboxylic acids is 1. The summed E-state index contributed by atoms with van der Waals surface area (Å²) in [6, 6.07) is 7.43. The molecule has 0 atom stereocenters. The topological polar surface area (TPSA) is 42.9 Å². The van der Waals surface area contributed by atoms with Gasteiger partial charge in [-0.2, -0.15) is 4.37 Å². The minimum Gasteiger partial charge on any atom is -0.298 e. The molecule has 1 aromatic heterocycles. The van der Waals surface area contributed by atoms with E-state index < -0.39 is 0 Å². The average Bonchev–Trinajstić information content (AvgIpc) is 2.71. The molecule has 0 amide bonds. The van der Waals surface area contributed by atoms with Crippen LogP contribution < -0.4 is 0 Å². The van der Waals surface area contributed by atoms with E-state index in [1.165, 1.54) is 29.6 Å². The highest BCUT2D eigenvalue weighted by molar-refractivity contribution is 8.01. The quantitative estimate of drug-likeness (QED) is 0.748. The zero-order valence-corrected chi connectivity index (χ0v) is 8.72. The van der Waals surface area contributed by atoms with Crippen LogP contribution in [0.2, 0.25) is 0 Å². The van der Waals surface area contributed by atoms with Crippen molar-refractivity contribution in [1.29, 1.82) is 0 Å². The van der Waals surface area contributed by atoms with Gasteiger partial charge in [-0.05, 0) is 17.6 Å². The lowest BCUT2D eigenvalue weighted by atomic mass is 10.2. The molecular formula is C9H6N2OS2. The second kappa shape index (κ2) is 4.34. The number of rotatable bonds is 3. The Balaban J connectivity index is 2.28. The number of aldehydes is 1. The molecule has 5 heteroatoms. The van der Waals surface area contributed by atoms with Gasteiger partial charge in [-0.25, -0.2) is 4.98 Å². The molecule has 3 nitrogen and oxygen atoms in total. The van der Waals surface area contributed by atoms with Crippen molar-refractivity contribution < 1.29 is 4.79 Å². The van der Waals surface area contributed by atoms with Crippen molar-refractivity contribution in [2.45, 2.75) is 9.24 Å². The molecule has 0 aliphatic rings. The molecule has 0 saturated carbocycles. The third-order valence-corrected chi connectivity index (χ3v) is 3.39. The van der Waals surface area contributed by atoms with Gasteiger partial charge in [-0.3, -0.25) is 4.79 Å².